The molecule has 0 radical (unpaired) electrons. The van der Waals surface area contributed by atoms with E-state index in [9.17, 15) is 26.3 Å². The number of hydrogen-bond acceptors (Lipinski definition) is 2. The minimum absolute atomic E-state index is 0.532. The lowest BCUT2D eigenvalue weighted by Gasteiger charge is -2.18. The second kappa shape index (κ2) is 5.36. The largest absolute Gasteiger partial charge is 0.416 e. The van der Waals surface area contributed by atoms with Gasteiger partial charge in [0.2, 0.25) is 0 Å². The van der Waals surface area contributed by atoms with Crippen LogP contribution in [-0.4, -0.2) is 4.98 Å². The Morgan fingerprint density at radius 1 is 0.952 bits per heavy atom. The molecule has 1 aromatic heterocycles. The summed E-state index contributed by atoms with van der Waals surface area (Å²) in [4.78, 5) is 3.50. The molecular formula is C13H8F6N2. The molecule has 0 bridgehead atoms. The van der Waals surface area contributed by atoms with Crippen molar-refractivity contribution in [2.24, 2.45) is 5.73 Å². The molecule has 2 N–H and O–H groups in total. The number of hydrogen-bond donors (Lipinski definition) is 1. The first-order chi connectivity index (χ1) is 9.73. The van der Waals surface area contributed by atoms with Gasteiger partial charge in [-0.15, -0.1) is 0 Å². The normalized spacial score (nSPS) is 13.3. The van der Waals surface area contributed by atoms with Crippen LogP contribution in [0.25, 0.3) is 0 Å². The predicted octanol–water partition coefficient (Wildman–Crippen LogP) is 3.57. The molecule has 0 spiro atoms. The van der Waals surface area contributed by atoms with Crippen LogP contribution in [0.1, 0.15) is 22.7 Å². The van der Waals surface area contributed by atoms with Gasteiger partial charge in [0.1, 0.15) is 0 Å². The zero-order valence-corrected chi connectivity index (χ0v) is 10.3. The van der Waals surface area contributed by atoms with Gasteiger partial charge in [-0.25, -0.2) is 13.2 Å². The molecule has 21 heavy (non-hydrogen) atoms. The summed E-state index contributed by atoms with van der Waals surface area (Å²) in [5.41, 5.74) is 3.33. The topological polar surface area (TPSA) is 38.9 Å². The molecule has 0 amide bonds. The van der Waals surface area contributed by atoms with E-state index >= 15 is 0 Å². The van der Waals surface area contributed by atoms with Gasteiger partial charge in [-0.1, -0.05) is 6.07 Å². The number of halogens is 6. The zero-order valence-electron chi connectivity index (χ0n) is 10.3. The van der Waals surface area contributed by atoms with Crippen molar-refractivity contribution in [2.45, 2.75) is 12.2 Å². The van der Waals surface area contributed by atoms with Crippen LogP contribution in [-0.2, 0) is 6.18 Å². The maximum atomic E-state index is 13.6. The van der Waals surface area contributed by atoms with Crippen LogP contribution in [0.5, 0.6) is 0 Å². The molecule has 2 rings (SSSR count). The van der Waals surface area contributed by atoms with E-state index < -0.39 is 46.4 Å². The van der Waals surface area contributed by atoms with E-state index in [2.05, 4.69) is 4.98 Å². The minimum Gasteiger partial charge on any atom is -0.320 e. The Morgan fingerprint density at radius 3 is 2.24 bits per heavy atom. The summed E-state index contributed by atoms with van der Waals surface area (Å²) in [6.45, 7) is 0. The van der Waals surface area contributed by atoms with Gasteiger partial charge in [0.05, 0.1) is 11.6 Å². The lowest BCUT2D eigenvalue weighted by Crippen LogP contribution is -2.20. The lowest BCUT2D eigenvalue weighted by molar-refractivity contribution is -0.138. The SMILES string of the molecule is NC(c1cnccc1C(F)(F)F)c1ccc(F)c(F)c1F. The molecule has 112 valence electrons. The first-order valence-electron chi connectivity index (χ1n) is 5.63. The Labute approximate surface area is 115 Å². The summed E-state index contributed by atoms with van der Waals surface area (Å²) in [7, 11) is 0. The van der Waals surface area contributed by atoms with E-state index in [1.165, 1.54) is 0 Å². The van der Waals surface area contributed by atoms with Crippen molar-refractivity contribution in [1.82, 2.24) is 4.98 Å². The van der Waals surface area contributed by atoms with Crippen molar-refractivity contribution in [3.8, 4) is 0 Å². The van der Waals surface area contributed by atoms with Gasteiger partial charge in [0.15, 0.2) is 17.5 Å². The first kappa shape index (κ1) is 15.3. The maximum Gasteiger partial charge on any atom is 0.416 e. The van der Waals surface area contributed by atoms with E-state index in [1.807, 2.05) is 0 Å². The van der Waals surface area contributed by atoms with Crippen LogP contribution >= 0.6 is 0 Å². The molecule has 1 aromatic carbocycles. The summed E-state index contributed by atoms with van der Waals surface area (Å²) in [6.07, 6.45) is -3.01. The molecule has 0 saturated carbocycles. The average Bonchev–Trinajstić information content (AvgIpc) is 2.43. The minimum atomic E-state index is -4.73. The van der Waals surface area contributed by atoms with Gasteiger partial charge < -0.3 is 5.73 Å². The van der Waals surface area contributed by atoms with Gasteiger partial charge >= 0.3 is 6.18 Å². The van der Waals surface area contributed by atoms with Crippen LogP contribution in [0.3, 0.4) is 0 Å². The van der Waals surface area contributed by atoms with Crippen molar-refractivity contribution in [3.05, 3.63) is 64.7 Å². The maximum absolute atomic E-state index is 13.6. The molecule has 8 heteroatoms. The quantitative estimate of drug-likeness (QED) is 0.680. The monoisotopic (exact) mass is 306 g/mol. The summed E-state index contributed by atoms with van der Waals surface area (Å²) >= 11 is 0. The highest BCUT2D eigenvalue weighted by molar-refractivity contribution is 5.37. The predicted molar refractivity (Wildman–Crippen MR) is 61.6 cm³/mol. The van der Waals surface area contributed by atoms with E-state index in [4.69, 9.17) is 5.73 Å². The van der Waals surface area contributed by atoms with Crippen LogP contribution < -0.4 is 5.73 Å². The summed E-state index contributed by atoms with van der Waals surface area (Å²) in [6, 6.07) is 0.431. The van der Waals surface area contributed by atoms with Gasteiger partial charge in [0, 0.05) is 23.5 Å². The second-order valence-electron chi connectivity index (χ2n) is 4.20. The van der Waals surface area contributed by atoms with Crippen LogP contribution in [0, 0.1) is 17.5 Å². The number of aromatic nitrogens is 1. The summed E-state index contributed by atoms with van der Waals surface area (Å²) in [5, 5.41) is 0. The van der Waals surface area contributed by atoms with Gasteiger partial charge in [-0.05, 0) is 12.1 Å². The smallest absolute Gasteiger partial charge is 0.320 e. The van der Waals surface area contributed by atoms with Crippen LogP contribution in [0.4, 0.5) is 26.3 Å². The van der Waals surface area contributed by atoms with Crippen molar-refractivity contribution in [3.63, 3.8) is 0 Å². The molecule has 0 saturated heterocycles. The molecule has 1 heterocycles. The van der Waals surface area contributed by atoms with Gasteiger partial charge in [0.25, 0.3) is 0 Å². The molecule has 0 aliphatic rings. The number of alkyl halides is 3. The van der Waals surface area contributed by atoms with Crippen molar-refractivity contribution >= 4 is 0 Å². The lowest BCUT2D eigenvalue weighted by atomic mass is 9.96. The molecule has 0 aliphatic carbocycles. The third-order valence-electron chi connectivity index (χ3n) is 2.89. The summed E-state index contributed by atoms with van der Waals surface area (Å²) in [5.74, 6) is -4.87. The Balaban J connectivity index is 2.56. The highest BCUT2D eigenvalue weighted by Crippen LogP contribution is 2.36. The Bertz CT molecular complexity index is 668. The van der Waals surface area contributed by atoms with Gasteiger partial charge in [-0.2, -0.15) is 13.2 Å². The summed E-state index contributed by atoms with van der Waals surface area (Å²) < 4.78 is 78.2. The van der Waals surface area contributed by atoms with E-state index in [0.29, 0.717) is 12.1 Å². The third-order valence-corrected chi connectivity index (χ3v) is 2.89. The standard InChI is InChI=1S/C13H8F6N2/c14-9-2-1-6(10(15)11(9)16)12(20)7-5-21-4-3-8(7)13(17,18)19/h1-5,12H,20H2. The fourth-order valence-corrected chi connectivity index (χ4v) is 1.86. The number of benzene rings is 1. The van der Waals surface area contributed by atoms with Crippen molar-refractivity contribution in [1.29, 1.82) is 0 Å². The molecule has 2 aromatic rings. The number of nitrogens with zero attached hydrogens (tertiary/aromatic N) is 1. The molecule has 0 fully saturated rings. The second-order valence-corrected chi connectivity index (χ2v) is 4.20. The fraction of sp³-hybridized carbons (Fsp3) is 0.154. The molecule has 0 aliphatic heterocycles. The number of pyridine rings is 1. The highest BCUT2D eigenvalue weighted by Gasteiger charge is 2.35. The Kier molecular flexibility index (Phi) is 3.91. The van der Waals surface area contributed by atoms with Crippen LogP contribution in [0.15, 0.2) is 30.6 Å². The van der Waals surface area contributed by atoms with Crippen molar-refractivity contribution < 1.29 is 26.3 Å². The highest BCUT2D eigenvalue weighted by atomic mass is 19.4. The molecule has 1 unspecified atom stereocenters. The first-order valence-corrected chi connectivity index (χ1v) is 5.63. The number of rotatable bonds is 2. The third kappa shape index (κ3) is 2.85. The fourth-order valence-electron chi connectivity index (χ4n) is 1.86. The Morgan fingerprint density at radius 2 is 1.62 bits per heavy atom. The van der Waals surface area contributed by atoms with E-state index in [1.54, 1.807) is 0 Å². The molecular weight excluding hydrogens is 298 g/mol. The van der Waals surface area contributed by atoms with E-state index in [0.717, 1.165) is 18.5 Å². The van der Waals surface area contributed by atoms with Gasteiger partial charge in [-0.3, -0.25) is 4.98 Å². The van der Waals surface area contributed by atoms with E-state index in [-0.39, 0.29) is 0 Å². The molecule has 1 atom stereocenters. The zero-order chi connectivity index (χ0) is 15.8. The van der Waals surface area contributed by atoms with Crippen LogP contribution in [0.2, 0.25) is 0 Å². The average molecular weight is 306 g/mol. The van der Waals surface area contributed by atoms with Crippen molar-refractivity contribution in [2.75, 3.05) is 0 Å². The number of nitrogens with two attached hydrogens (primary N) is 1. The molecule has 2 nitrogen and oxygen atoms in total. The Hall–Kier alpha value is -2.09.